The van der Waals surface area contributed by atoms with Crippen LogP contribution in [-0.4, -0.2) is 25.7 Å². The van der Waals surface area contributed by atoms with Gasteiger partial charge in [-0.3, -0.25) is 4.72 Å². The van der Waals surface area contributed by atoms with Gasteiger partial charge in [-0.15, -0.1) is 0 Å². The third-order valence-corrected chi connectivity index (χ3v) is 5.12. The summed E-state index contributed by atoms with van der Waals surface area (Å²) in [5, 5.41) is 3.33. The van der Waals surface area contributed by atoms with Crippen molar-refractivity contribution in [2.45, 2.75) is 45.4 Å². The minimum absolute atomic E-state index is 0.115. The average Bonchev–Trinajstić information content (AvgIpc) is 2.50. The largest absolute Gasteiger partial charge is 0.383 e. The van der Waals surface area contributed by atoms with Crippen LogP contribution in [0.5, 0.6) is 0 Å². The summed E-state index contributed by atoms with van der Waals surface area (Å²) in [5.41, 5.74) is 2.45. The molecule has 6 heteroatoms. The quantitative estimate of drug-likeness (QED) is 0.718. The Kier molecular flexibility index (Phi) is 6.24. The Hall–Kier alpha value is -1.56. The molecule has 5 nitrogen and oxygen atoms in total. The van der Waals surface area contributed by atoms with Gasteiger partial charge in [-0.25, -0.2) is 13.4 Å². The highest BCUT2D eigenvalue weighted by Crippen LogP contribution is 2.20. The van der Waals surface area contributed by atoms with E-state index in [-0.39, 0.29) is 5.75 Å². The van der Waals surface area contributed by atoms with Crippen LogP contribution in [-0.2, 0) is 10.0 Å². The van der Waals surface area contributed by atoms with Gasteiger partial charge in [-0.05, 0) is 50.7 Å². The molecule has 0 bridgehead atoms. The van der Waals surface area contributed by atoms with Gasteiger partial charge in [0.05, 0.1) is 17.6 Å². The second-order valence-corrected chi connectivity index (χ2v) is 7.48. The Labute approximate surface area is 133 Å². The summed E-state index contributed by atoms with van der Waals surface area (Å²) in [6.45, 7) is 2.72. The molecule has 0 amide bonds. The monoisotopic (exact) mass is 323 g/mol. The number of nitrogens with zero attached hydrogens (tertiary/aromatic N) is 1. The summed E-state index contributed by atoms with van der Waals surface area (Å²) >= 11 is 0. The lowest BCUT2D eigenvalue weighted by Gasteiger charge is -2.13. The number of aromatic nitrogens is 1. The fourth-order valence-electron chi connectivity index (χ4n) is 2.54. The molecule has 0 atom stereocenters. The van der Waals surface area contributed by atoms with Crippen LogP contribution in [0.1, 0.15) is 45.4 Å². The summed E-state index contributed by atoms with van der Waals surface area (Å²) in [6.07, 6.45) is 10.7. The molecule has 0 saturated heterocycles. The lowest BCUT2D eigenvalue weighted by Crippen LogP contribution is -2.16. The number of rotatable bonds is 8. The minimum Gasteiger partial charge on any atom is -0.383 e. The van der Waals surface area contributed by atoms with Crippen molar-refractivity contribution in [3.05, 3.63) is 30.0 Å². The minimum atomic E-state index is -3.27. The van der Waals surface area contributed by atoms with Crippen molar-refractivity contribution in [3.63, 3.8) is 0 Å². The molecule has 1 aromatic rings. The van der Waals surface area contributed by atoms with Gasteiger partial charge in [-0.2, -0.15) is 0 Å². The second kappa shape index (κ2) is 8.17. The molecule has 1 heterocycles. The number of allylic oxidation sites excluding steroid dienone is 1. The van der Waals surface area contributed by atoms with Crippen molar-refractivity contribution in [3.8, 4) is 0 Å². The lowest BCUT2D eigenvalue weighted by atomic mass is 9.97. The fraction of sp³-hybridized carbons (Fsp3) is 0.562. The summed E-state index contributed by atoms with van der Waals surface area (Å²) in [5.74, 6) is 0.484. The number of sulfonamides is 1. The zero-order chi connectivity index (χ0) is 15.8. The molecule has 122 valence electrons. The van der Waals surface area contributed by atoms with Crippen LogP contribution < -0.4 is 10.0 Å². The smallest absolute Gasteiger partial charge is 0.233 e. The predicted octanol–water partition coefficient (Wildman–Crippen LogP) is 3.54. The number of anilines is 2. The van der Waals surface area contributed by atoms with Gasteiger partial charge < -0.3 is 5.32 Å². The third kappa shape index (κ3) is 5.67. The Morgan fingerprint density at radius 2 is 2.14 bits per heavy atom. The molecule has 2 rings (SSSR count). The first-order chi connectivity index (χ1) is 10.6. The third-order valence-electron chi connectivity index (χ3n) is 3.66. The average molecular weight is 323 g/mol. The van der Waals surface area contributed by atoms with E-state index < -0.39 is 10.0 Å². The van der Waals surface area contributed by atoms with Gasteiger partial charge in [0.2, 0.25) is 10.0 Å². The molecule has 0 fully saturated rings. The molecular formula is C16H25N3O2S. The van der Waals surface area contributed by atoms with Gasteiger partial charge >= 0.3 is 0 Å². The number of hydrogen-bond donors (Lipinski definition) is 2. The molecule has 0 saturated carbocycles. The molecule has 2 N–H and O–H groups in total. The normalized spacial score (nSPS) is 15.2. The Balaban J connectivity index is 1.80. The van der Waals surface area contributed by atoms with Crippen molar-refractivity contribution < 1.29 is 8.42 Å². The van der Waals surface area contributed by atoms with Gasteiger partial charge in [0.15, 0.2) is 0 Å². The summed E-state index contributed by atoms with van der Waals surface area (Å²) in [7, 11) is -3.27. The molecule has 0 radical (unpaired) electrons. The molecule has 1 aromatic heterocycles. The van der Waals surface area contributed by atoms with Crippen molar-refractivity contribution in [1.29, 1.82) is 0 Å². The van der Waals surface area contributed by atoms with Crippen LogP contribution in [0.2, 0.25) is 0 Å². The Morgan fingerprint density at radius 1 is 1.27 bits per heavy atom. The zero-order valence-corrected chi connectivity index (χ0v) is 14.0. The second-order valence-electron chi connectivity index (χ2n) is 5.64. The first-order valence-electron chi connectivity index (χ1n) is 7.97. The van der Waals surface area contributed by atoms with Crippen LogP contribution >= 0.6 is 0 Å². The van der Waals surface area contributed by atoms with Gasteiger partial charge in [0.25, 0.3) is 0 Å². The van der Waals surface area contributed by atoms with E-state index in [1.165, 1.54) is 31.3 Å². The van der Waals surface area contributed by atoms with Crippen molar-refractivity contribution >= 4 is 21.5 Å². The Morgan fingerprint density at radius 3 is 2.77 bits per heavy atom. The lowest BCUT2D eigenvalue weighted by molar-refractivity contribution is 0.599. The topological polar surface area (TPSA) is 71.1 Å². The molecule has 0 aromatic carbocycles. The first-order valence-corrected chi connectivity index (χ1v) is 9.62. The maximum absolute atomic E-state index is 11.7. The van der Waals surface area contributed by atoms with Crippen LogP contribution in [0, 0.1) is 0 Å². The highest BCUT2D eigenvalue weighted by atomic mass is 32.2. The SMILES string of the molecule is CCCS(=O)(=O)Nc1ccc(NCCC2=CCCCC2)cn1. The molecule has 0 unspecified atom stereocenters. The summed E-state index contributed by atoms with van der Waals surface area (Å²) < 4.78 is 25.8. The van der Waals surface area contributed by atoms with Gasteiger partial charge in [0, 0.05) is 6.54 Å². The Bertz CT molecular complexity index is 594. The molecule has 0 spiro atoms. The highest BCUT2D eigenvalue weighted by molar-refractivity contribution is 7.92. The van der Waals surface area contributed by atoms with Crippen LogP contribution in [0.4, 0.5) is 11.5 Å². The molecular weight excluding hydrogens is 298 g/mol. The van der Waals surface area contributed by atoms with E-state index in [1.807, 2.05) is 13.0 Å². The van der Waals surface area contributed by atoms with Gasteiger partial charge in [0.1, 0.15) is 5.82 Å². The number of nitrogens with one attached hydrogen (secondary N) is 2. The predicted molar refractivity (Wildman–Crippen MR) is 91.6 cm³/mol. The molecule has 1 aliphatic carbocycles. The fourth-order valence-corrected chi connectivity index (χ4v) is 3.62. The van der Waals surface area contributed by atoms with Crippen molar-refractivity contribution in [1.82, 2.24) is 4.98 Å². The number of hydrogen-bond acceptors (Lipinski definition) is 4. The van der Waals surface area contributed by atoms with Crippen molar-refractivity contribution in [2.24, 2.45) is 0 Å². The number of pyridine rings is 1. The van der Waals surface area contributed by atoms with E-state index in [4.69, 9.17) is 0 Å². The van der Waals surface area contributed by atoms with E-state index >= 15 is 0 Å². The highest BCUT2D eigenvalue weighted by Gasteiger charge is 2.09. The van der Waals surface area contributed by atoms with E-state index in [0.29, 0.717) is 12.2 Å². The maximum atomic E-state index is 11.7. The van der Waals surface area contributed by atoms with E-state index in [9.17, 15) is 8.42 Å². The molecule has 0 aliphatic heterocycles. The van der Waals surface area contributed by atoms with E-state index in [0.717, 1.165) is 18.7 Å². The van der Waals surface area contributed by atoms with E-state index in [2.05, 4.69) is 21.1 Å². The molecule has 1 aliphatic rings. The summed E-state index contributed by atoms with van der Waals surface area (Å²) in [4.78, 5) is 4.14. The van der Waals surface area contributed by atoms with Crippen LogP contribution in [0.3, 0.4) is 0 Å². The van der Waals surface area contributed by atoms with Crippen molar-refractivity contribution in [2.75, 3.05) is 22.3 Å². The zero-order valence-electron chi connectivity index (χ0n) is 13.1. The maximum Gasteiger partial charge on any atom is 0.233 e. The standard InChI is InChI=1S/C16H25N3O2S/c1-2-12-22(20,21)19-16-9-8-15(13-18-16)17-11-10-14-6-4-3-5-7-14/h6,8-9,13,17H,2-5,7,10-12H2,1H3,(H,18,19). The van der Waals surface area contributed by atoms with E-state index in [1.54, 1.807) is 12.3 Å². The van der Waals surface area contributed by atoms with Crippen LogP contribution in [0.15, 0.2) is 30.0 Å². The van der Waals surface area contributed by atoms with Crippen LogP contribution in [0.25, 0.3) is 0 Å². The first kappa shape index (κ1) is 16.8. The summed E-state index contributed by atoms with van der Waals surface area (Å²) in [6, 6.07) is 3.54. The van der Waals surface area contributed by atoms with Gasteiger partial charge in [-0.1, -0.05) is 18.6 Å². The molecule has 22 heavy (non-hydrogen) atoms.